The van der Waals surface area contributed by atoms with E-state index in [9.17, 15) is 0 Å². The van der Waals surface area contributed by atoms with Gasteiger partial charge in [0.05, 0.1) is 5.35 Å². The first-order chi connectivity index (χ1) is 9.04. The zero-order chi connectivity index (χ0) is 13.5. The van der Waals surface area contributed by atoms with Crippen LogP contribution in [0.4, 0.5) is 5.95 Å². The molecule has 1 aliphatic rings. The van der Waals surface area contributed by atoms with Crippen LogP contribution in [0.3, 0.4) is 0 Å². The second-order valence-corrected chi connectivity index (χ2v) is 4.76. The molecular weight excluding hydrogens is 244 g/mol. The molecule has 2 heterocycles. The van der Waals surface area contributed by atoms with Crippen molar-refractivity contribution >= 4 is 18.1 Å². The number of aromatic nitrogens is 4. The molecule has 1 aliphatic carbocycles. The fraction of sp³-hybridized carbons (Fsp3) is 0.333. The van der Waals surface area contributed by atoms with Gasteiger partial charge in [0.15, 0.2) is 5.82 Å². The molecule has 0 amide bonds. The van der Waals surface area contributed by atoms with E-state index in [4.69, 9.17) is 16.0 Å². The van der Waals surface area contributed by atoms with E-state index in [1.165, 1.54) is 0 Å². The Morgan fingerprint density at radius 3 is 3.00 bits per heavy atom. The molecule has 3 rings (SSSR count). The average Bonchev–Trinajstić information content (AvgIpc) is 2.73. The van der Waals surface area contributed by atoms with Crippen molar-refractivity contribution in [3.63, 3.8) is 0 Å². The van der Waals surface area contributed by atoms with E-state index in [0.717, 1.165) is 10.6 Å². The van der Waals surface area contributed by atoms with Crippen LogP contribution in [-0.2, 0) is 6.42 Å². The van der Waals surface area contributed by atoms with E-state index in [0.29, 0.717) is 24.6 Å². The third-order valence-corrected chi connectivity index (χ3v) is 3.05. The summed E-state index contributed by atoms with van der Waals surface area (Å²) in [7, 11) is 0. The number of hydrogen-bond donors (Lipinski definition) is 2. The Hall–Kier alpha value is -2.28. The minimum absolute atomic E-state index is 0.239. The summed E-state index contributed by atoms with van der Waals surface area (Å²) in [5, 5.41) is 5.57. The predicted octanol–water partition coefficient (Wildman–Crippen LogP) is -1.34. The van der Waals surface area contributed by atoms with Crippen molar-refractivity contribution in [3.8, 4) is 0 Å². The van der Waals surface area contributed by atoms with Crippen molar-refractivity contribution in [1.29, 1.82) is 0 Å². The van der Waals surface area contributed by atoms with Gasteiger partial charge in [-0.2, -0.15) is 4.98 Å². The second kappa shape index (κ2) is 4.13. The smallest absolute Gasteiger partial charge is 0.223 e. The quantitative estimate of drug-likeness (QED) is 0.684. The van der Waals surface area contributed by atoms with Crippen molar-refractivity contribution in [2.24, 2.45) is 5.73 Å². The number of rotatable bonds is 2. The molecule has 0 aliphatic heterocycles. The topological polar surface area (TPSA) is 117 Å². The molecule has 0 saturated carbocycles. The standard InChI is InChI=1S/C12H14N6O/c1-7-16-10(18-19-7)5-12(14)3-2-8-6-15-11(13)17-9(8)4-12/h2,4,6H,3,5,14H2,1H3,(H2,13,17). The Bertz CT molecular complexity index is 737. The van der Waals surface area contributed by atoms with Crippen LogP contribution in [0.5, 0.6) is 0 Å². The zero-order valence-corrected chi connectivity index (χ0v) is 10.5. The molecule has 1 atom stereocenters. The Kier molecular flexibility index (Phi) is 2.56. The number of hydrogen-bond acceptors (Lipinski definition) is 7. The molecule has 19 heavy (non-hydrogen) atoms. The molecule has 0 fully saturated rings. The van der Waals surface area contributed by atoms with Crippen molar-refractivity contribution in [2.45, 2.75) is 25.3 Å². The molecule has 0 aromatic carbocycles. The van der Waals surface area contributed by atoms with E-state index in [-0.39, 0.29) is 5.95 Å². The van der Waals surface area contributed by atoms with Gasteiger partial charge in [0, 0.05) is 30.3 Å². The van der Waals surface area contributed by atoms with Crippen molar-refractivity contribution < 1.29 is 4.52 Å². The highest BCUT2D eigenvalue weighted by atomic mass is 16.5. The summed E-state index contributed by atoms with van der Waals surface area (Å²) >= 11 is 0. The molecule has 7 heteroatoms. The van der Waals surface area contributed by atoms with Gasteiger partial charge in [0.2, 0.25) is 11.8 Å². The fourth-order valence-electron chi connectivity index (χ4n) is 2.15. The Morgan fingerprint density at radius 2 is 2.26 bits per heavy atom. The predicted molar refractivity (Wildman–Crippen MR) is 68.9 cm³/mol. The summed E-state index contributed by atoms with van der Waals surface area (Å²) in [5.74, 6) is 1.36. The number of fused-ring (bicyclic) bond motifs is 1. The van der Waals surface area contributed by atoms with E-state index >= 15 is 0 Å². The minimum Gasteiger partial charge on any atom is -0.368 e. The lowest BCUT2D eigenvalue weighted by molar-refractivity contribution is 0.383. The number of nitrogen functional groups attached to an aromatic ring is 1. The van der Waals surface area contributed by atoms with Gasteiger partial charge in [-0.15, -0.1) is 0 Å². The normalized spacial score (nSPS) is 21.4. The maximum Gasteiger partial charge on any atom is 0.223 e. The lowest BCUT2D eigenvalue weighted by Crippen LogP contribution is -2.47. The van der Waals surface area contributed by atoms with Gasteiger partial charge < -0.3 is 16.0 Å². The Morgan fingerprint density at radius 1 is 1.42 bits per heavy atom. The summed E-state index contributed by atoms with van der Waals surface area (Å²) < 4.78 is 4.95. The van der Waals surface area contributed by atoms with Gasteiger partial charge in [0.25, 0.3) is 0 Å². The molecule has 4 N–H and O–H groups in total. The monoisotopic (exact) mass is 258 g/mol. The van der Waals surface area contributed by atoms with Crippen LogP contribution >= 0.6 is 0 Å². The van der Waals surface area contributed by atoms with Gasteiger partial charge in [-0.3, -0.25) is 0 Å². The maximum absolute atomic E-state index is 6.36. The number of nitrogens with zero attached hydrogens (tertiary/aromatic N) is 4. The van der Waals surface area contributed by atoms with Crippen LogP contribution in [0.1, 0.15) is 18.1 Å². The molecule has 1 unspecified atom stereocenters. The summed E-state index contributed by atoms with van der Waals surface area (Å²) in [5.41, 5.74) is 11.4. The largest absolute Gasteiger partial charge is 0.368 e. The molecule has 0 bridgehead atoms. The fourth-order valence-corrected chi connectivity index (χ4v) is 2.15. The number of aryl methyl sites for hydroxylation is 1. The lowest BCUT2D eigenvalue weighted by atomic mass is 9.88. The molecule has 0 saturated heterocycles. The SMILES string of the molecule is Cc1nc(CC2(N)C=c3nc(N)ncc3=CC2)no1. The molecule has 7 nitrogen and oxygen atoms in total. The average molecular weight is 258 g/mol. The van der Waals surface area contributed by atoms with E-state index in [1.807, 2.05) is 12.2 Å². The highest BCUT2D eigenvalue weighted by Gasteiger charge is 2.26. The summed E-state index contributed by atoms with van der Waals surface area (Å²) in [6.45, 7) is 1.75. The van der Waals surface area contributed by atoms with Crippen LogP contribution in [-0.4, -0.2) is 25.6 Å². The van der Waals surface area contributed by atoms with Crippen LogP contribution in [0.2, 0.25) is 0 Å². The summed E-state index contributed by atoms with van der Waals surface area (Å²) in [6, 6.07) is 0. The molecular formula is C12H14N6O. The van der Waals surface area contributed by atoms with Gasteiger partial charge in [-0.05, 0) is 12.5 Å². The van der Waals surface area contributed by atoms with Crippen LogP contribution in [0.15, 0.2) is 10.7 Å². The highest BCUT2D eigenvalue weighted by Crippen LogP contribution is 2.17. The second-order valence-electron chi connectivity index (χ2n) is 4.76. The van der Waals surface area contributed by atoms with Crippen LogP contribution < -0.4 is 22.0 Å². The number of anilines is 1. The Labute approximate surface area is 109 Å². The van der Waals surface area contributed by atoms with Crippen molar-refractivity contribution in [3.05, 3.63) is 28.5 Å². The molecule has 98 valence electrons. The van der Waals surface area contributed by atoms with Crippen LogP contribution in [0.25, 0.3) is 12.2 Å². The maximum atomic E-state index is 6.36. The lowest BCUT2D eigenvalue weighted by Gasteiger charge is -2.24. The first-order valence-electron chi connectivity index (χ1n) is 5.94. The molecule has 0 spiro atoms. The van der Waals surface area contributed by atoms with Gasteiger partial charge >= 0.3 is 0 Å². The van der Waals surface area contributed by atoms with Crippen molar-refractivity contribution in [2.75, 3.05) is 5.73 Å². The molecule has 2 aromatic rings. The first kappa shape index (κ1) is 11.8. The minimum atomic E-state index is -0.579. The van der Waals surface area contributed by atoms with E-state index < -0.39 is 5.54 Å². The summed E-state index contributed by atoms with van der Waals surface area (Å²) in [6.07, 6.45) is 6.76. The van der Waals surface area contributed by atoms with E-state index in [1.54, 1.807) is 13.1 Å². The summed E-state index contributed by atoms with van der Waals surface area (Å²) in [4.78, 5) is 12.3. The third-order valence-electron chi connectivity index (χ3n) is 3.05. The first-order valence-corrected chi connectivity index (χ1v) is 5.94. The Balaban J connectivity index is 1.98. The highest BCUT2D eigenvalue weighted by molar-refractivity contribution is 5.47. The number of nitrogens with two attached hydrogens (primary N) is 2. The molecule has 0 radical (unpaired) electrons. The van der Waals surface area contributed by atoms with Gasteiger partial charge in [-0.1, -0.05) is 11.2 Å². The zero-order valence-electron chi connectivity index (χ0n) is 10.5. The molecule has 2 aromatic heterocycles. The van der Waals surface area contributed by atoms with Crippen molar-refractivity contribution in [1.82, 2.24) is 20.1 Å². The third kappa shape index (κ3) is 2.32. The van der Waals surface area contributed by atoms with E-state index in [2.05, 4.69) is 20.1 Å². The van der Waals surface area contributed by atoms with Gasteiger partial charge in [0.1, 0.15) is 0 Å². The van der Waals surface area contributed by atoms with Crippen LogP contribution in [0, 0.1) is 6.92 Å². The van der Waals surface area contributed by atoms with Gasteiger partial charge in [-0.25, -0.2) is 9.97 Å².